The number of cyclic esters (lactones) is 1. The number of rotatable bonds is 7. The molecule has 0 aromatic rings. The van der Waals surface area contributed by atoms with Crippen LogP contribution in [0.3, 0.4) is 0 Å². The minimum atomic E-state index is -1.07. The van der Waals surface area contributed by atoms with Crippen LogP contribution in [0.25, 0.3) is 0 Å². The molecule has 0 unspecified atom stereocenters. The Morgan fingerprint density at radius 2 is 1.86 bits per heavy atom. The molecule has 0 aliphatic carbocycles. The highest BCUT2D eigenvalue weighted by atomic mass is 16.8. The first-order chi connectivity index (χ1) is 13.6. The number of esters is 1. The van der Waals surface area contributed by atoms with Crippen molar-refractivity contribution >= 4 is 18.0 Å². The molecule has 0 radical (unpaired) electrons. The molecule has 10 nitrogen and oxygen atoms in total. The number of carbonyl (C=O) groups excluding carboxylic acids is 3. The molecule has 0 aromatic heterocycles. The topological polar surface area (TPSA) is 110 Å². The van der Waals surface area contributed by atoms with Crippen molar-refractivity contribution in [2.45, 2.75) is 66.1 Å². The van der Waals surface area contributed by atoms with Crippen molar-refractivity contribution in [3.8, 4) is 0 Å². The predicted octanol–water partition coefficient (Wildman–Crippen LogP) is 1.92. The van der Waals surface area contributed by atoms with E-state index >= 15 is 0 Å². The molecule has 2 heterocycles. The van der Waals surface area contributed by atoms with Crippen LogP contribution in [0.1, 0.15) is 41.5 Å². The van der Waals surface area contributed by atoms with Crippen LogP contribution >= 0.6 is 0 Å². The summed E-state index contributed by atoms with van der Waals surface area (Å²) in [6.45, 7) is 11.1. The summed E-state index contributed by atoms with van der Waals surface area (Å²) < 4.78 is 26.9. The normalized spacial score (nSPS) is 27.0. The fourth-order valence-corrected chi connectivity index (χ4v) is 2.94. The molecular weight excluding hydrogens is 386 g/mol. The SMILES string of the molecule is CCO[C@H]1OC(C(=O)ON2C(=O)OC[C@@H]2C(C)(C)C)=C[C@@H](OCC)[C@H]1OC(C)=O. The Hall–Kier alpha value is -2.33. The number of hydrogen-bond acceptors (Lipinski definition) is 9. The lowest BCUT2D eigenvalue weighted by atomic mass is 9.87. The Morgan fingerprint density at radius 3 is 2.41 bits per heavy atom. The van der Waals surface area contributed by atoms with Gasteiger partial charge in [0.05, 0.1) is 0 Å². The lowest BCUT2D eigenvalue weighted by Crippen LogP contribution is -2.49. The van der Waals surface area contributed by atoms with Gasteiger partial charge < -0.3 is 28.5 Å². The van der Waals surface area contributed by atoms with E-state index in [9.17, 15) is 14.4 Å². The molecule has 2 aliphatic heterocycles. The van der Waals surface area contributed by atoms with Crippen molar-refractivity contribution in [1.29, 1.82) is 0 Å². The van der Waals surface area contributed by atoms with Crippen LogP contribution in [-0.4, -0.2) is 67.5 Å². The second kappa shape index (κ2) is 9.45. The average molecular weight is 415 g/mol. The van der Waals surface area contributed by atoms with Gasteiger partial charge in [-0.15, -0.1) is 5.06 Å². The maximum absolute atomic E-state index is 12.7. The fourth-order valence-electron chi connectivity index (χ4n) is 2.94. The first-order valence-electron chi connectivity index (χ1n) is 9.55. The second-order valence-electron chi connectivity index (χ2n) is 7.63. The zero-order chi connectivity index (χ0) is 21.8. The van der Waals surface area contributed by atoms with Gasteiger partial charge in [0, 0.05) is 20.1 Å². The molecule has 164 valence electrons. The van der Waals surface area contributed by atoms with Crippen molar-refractivity contribution in [1.82, 2.24) is 5.06 Å². The zero-order valence-corrected chi connectivity index (χ0v) is 17.6. The number of hydrogen-bond donors (Lipinski definition) is 0. The predicted molar refractivity (Wildman–Crippen MR) is 98.1 cm³/mol. The molecule has 0 N–H and O–H groups in total. The summed E-state index contributed by atoms with van der Waals surface area (Å²) in [5.74, 6) is -1.66. The van der Waals surface area contributed by atoms with Gasteiger partial charge in [-0.05, 0) is 25.3 Å². The van der Waals surface area contributed by atoms with Gasteiger partial charge in [0.15, 0.2) is 6.10 Å². The van der Waals surface area contributed by atoms with E-state index in [4.69, 9.17) is 28.5 Å². The Bertz CT molecular complexity index is 655. The average Bonchev–Trinajstić information content (AvgIpc) is 2.98. The molecule has 1 amide bonds. The van der Waals surface area contributed by atoms with E-state index in [1.54, 1.807) is 13.8 Å². The van der Waals surface area contributed by atoms with Gasteiger partial charge in [0.25, 0.3) is 0 Å². The second-order valence-corrected chi connectivity index (χ2v) is 7.63. The molecule has 0 aromatic carbocycles. The van der Waals surface area contributed by atoms with E-state index in [0.29, 0.717) is 6.61 Å². The number of ether oxygens (including phenoxy) is 5. The number of nitrogens with zero attached hydrogens (tertiary/aromatic N) is 1. The third kappa shape index (κ3) is 5.60. The molecule has 2 rings (SSSR count). The minimum Gasteiger partial charge on any atom is -0.453 e. The largest absolute Gasteiger partial charge is 0.453 e. The molecule has 29 heavy (non-hydrogen) atoms. The van der Waals surface area contributed by atoms with Crippen LogP contribution in [0.15, 0.2) is 11.8 Å². The highest BCUT2D eigenvalue weighted by Gasteiger charge is 2.46. The van der Waals surface area contributed by atoms with Gasteiger partial charge in [-0.1, -0.05) is 20.8 Å². The van der Waals surface area contributed by atoms with Crippen LogP contribution in [0.4, 0.5) is 4.79 Å². The Balaban J connectivity index is 2.23. The number of amides is 1. The summed E-state index contributed by atoms with van der Waals surface area (Å²) in [4.78, 5) is 41.5. The third-order valence-electron chi connectivity index (χ3n) is 4.35. The molecule has 4 atom stereocenters. The van der Waals surface area contributed by atoms with Crippen LogP contribution in [0.5, 0.6) is 0 Å². The Labute approximate surface area is 169 Å². The van der Waals surface area contributed by atoms with Crippen LogP contribution in [-0.2, 0) is 38.1 Å². The third-order valence-corrected chi connectivity index (χ3v) is 4.35. The maximum Gasteiger partial charge on any atom is 0.443 e. The van der Waals surface area contributed by atoms with Crippen LogP contribution in [0.2, 0.25) is 0 Å². The first-order valence-corrected chi connectivity index (χ1v) is 9.55. The van der Waals surface area contributed by atoms with E-state index in [-0.39, 0.29) is 24.4 Å². The monoisotopic (exact) mass is 415 g/mol. The molecule has 0 bridgehead atoms. The van der Waals surface area contributed by atoms with E-state index in [2.05, 4.69) is 0 Å². The van der Waals surface area contributed by atoms with Gasteiger partial charge in [0.1, 0.15) is 18.8 Å². The molecule has 0 spiro atoms. The summed E-state index contributed by atoms with van der Waals surface area (Å²) in [5.41, 5.74) is -0.379. The van der Waals surface area contributed by atoms with Crippen molar-refractivity contribution in [3.63, 3.8) is 0 Å². The lowest BCUT2D eigenvalue weighted by Gasteiger charge is -2.35. The summed E-state index contributed by atoms with van der Waals surface area (Å²) in [5, 5.41) is 0.913. The van der Waals surface area contributed by atoms with Gasteiger partial charge >= 0.3 is 18.0 Å². The Kier molecular flexibility index (Phi) is 7.48. The minimum absolute atomic E-state index is 0.104. The van der Waals surface area contributed by atoms with E-state index in [0.717, 1.165) is 5.06 Å². The van der Waals surface area contributed by atoms with E-state index in [1.807, 2.05) is 20.8 Å². The summed E-state index contributed by atoms with van der Waals surface area (Å²) in [6.07, 6.45) is -2.17. The zero-order valence-electron chi connectivity index (χ0n) is 17.6. The van der Waals surface area contributed by atoms with Crippen molar-refractivity contribution in [2.24, 2.45) is 5.41 Å². The maximum atomic E-state index is 12.7. The quantitative estimate of drug-likeness (QED) is 0.576. The highest BCUT2D eigenvalue weighted by Crippen LogP contribution is 2.31. The molecule has 1 saturated heterocycles. The Morgan fingerprint density at radius 1 is 1.21 bits per heavy atom. The van der Waals surface area contributed by atoms with Crippen molar-refractivity contribution in [2.75, 3.05) is 19.8 Å². The number of hydroxylamine groups is 2. The fraction of sp³-hybridized carbons (Fsp3) is 0.737. The van der Waals surface area contributed by atoms with Gasteiger partial charge in [0.2, 0.25) is 12.0 Å². The molecule has 10 heteroatoms. The van der Waals surface area contributed by atoms with Crippen molar-refractivity contribution in [3.05, 3.63) is 11.8 Å². The van der Waals surface area contributed by atoms with E-state index in [1.165, 1.54) is 13.0 Å². The van der Waals surface area contributed by atoms with Crippen LogP contribution < -0.4 is 0 Å². The van der Waals surface area contributed by atoms with Gasteiger partial charge in [-0.3, -0.25) is 4.79 Å². The molecule has 2 aliphatic rings. The van der Waals surface area contributed by atoms with Gasteiger partial charge in [-0.2, -0.15) is 0 Å². The molecule has 1 fully saturated rings. The smallest absolute Gasteiger partial charge is 0.443 e. The molecule has 0 saturated carbocycles. The summed E-state index contributed by atoms with van der Waals surface area (Å²) in [7, 11) is 0. The summed E-state index contributed by atoms with van der Waals surface area (Å²) >= 11 is 0. The van der Waals surface area contributed by atoms with Gasteiger partial charge in [-0.25, -0.2) is 9.59 Å². The summed E-state index contributed by atoms with van der Waals surface area (Å²) in [6, 6.07) is -0.456. The first kappa shape index (κ1) is 23.0. The standard InChI is InChI=1S/C19H29NO9/c1-7-24-12-9-13(28-17(25-8-2)15(12)27-11(3)21)16(22)29-20-14(19(4,5)6)10-26-18(20)23/h9,12,14-15,17H,7-8,10H2,1-6H3/t12-,14-,15-,17+/m1/s1. The van der Waals surface area contributed by atoms with E-state index < -0.39 is 42.6 Å². The lowest BCUT2D eigenvalue weighted by molar-refractivity contribution is -0.230. The van der Waals surface area contributed by atoms with Crippen LogP contribution in [0, 0.1) is 5.41 Å². The van der Waals surface area contributed by atoms with Crippen molar-refractivity contribution < 1.29 is 42.9 Å². The molecular formula is C19H29NO9. The highest BCUT2D eigenvalue weighted by molar-refractivity contribution is 5.87. The number of carbonyl (C=O) groups is 3.